The van der Waals surface area contributed by atoms with Crippen molar-refractivity contribution < 1.29 is 14.3 Å². The zero-order chi connectivity index (χ0) is 20.4. The van der Waals surface area contributed by atoms with Crippen LogP contribution in [0.5, 0.6) is 5.88 Å². The van der Waals surface area contributed by atoms with Gasteiger partial charge in [-0.2, -0.15) is 16.3 Å². The smallest absolute Gasteiger partial charge is 0.266 e. The number of nitrogens with one attached hydrogen (secondary N) is 1. The molecule has 6 nitrogen and oxygen atoms in total. The molecule has 148 valence electrons. The number of benzene rings is 1. The molecule has 0 unspecified atom stereocenters. The van der Waals surface area contributed by atoms with Gasteiger partial charge in [0.1, 0.15) is 11.4 Å². The predicted octanol–water partition coefficient (Wildman–Crippen LogP) is 5.14. The van der Waals surface area contributed by atoms with E-state index in [1.807, 2.05) is 36.6 Å². The lowest BCUT2D eigenvalue weighted by Gasteiger charge is -2.07. The van der Waals surface area contributed by atoms with Gasteiger partial charge in [0, 0.05) is 12.8 Å². The molecule has 0 bridgehead atoms. The number of aryl methyl sites for hydroxylation is 1. The molecule has 0 radical (unpaired) electrons. The van der Waals surface area contributed by atoms with Gasteiger partial charge >= 0.3 is 0 Å². The SMILES string of the molecule is COCc1nc(OC)c2c(C)c(C(=O)Nc3cccc(-c4ccsc4)c3)sc2n1. The molecule has 0 aliphatic heterocycles. The van der Waals surface area contributed by atoms with E-state index in [9.17, 15) is 4.79 Å². The minimum Gasteiger partial charge on any atom is -0.480 e. The van der Waals surface area contributed by atoms with Gasteiger partial charge in [0.25, 0.3) is 5.91 Å². The lowest BCUT2D eigenvalue weighted by Crippen LogP contribution is -2.11. The Morgan fingerprint density at radius 1 is 1.17 bits per heavy atom. The molecule has 4 aromatic rings. The molecule has 1 N–H and O–H groups in total. The van der Waals surface area contributed by atoms with Crippen LogP contribution in [0.1, 0.15) is 21.1 Å². The van der Waals surface area contributed by atoms with Gasteiger partial charge in [-0.25, -0.2) is 4.98 Å². The number of hydrogen-bond donors (Lipinski definition) is 1. The van der Waals surface area contributed by atoms with E-state index in [1.54, 1.807) is 25.6 Å². The van der Waals surface area contributed by atoms with Crippen LogP contribution in [0.3, 0.4) is 0 Å². The third-order valence-corrected chi connectivity index (χ3v) is 6.32. The zero-order valence-electron chi connectivity index (χ0n) is 16.2. The fourth-order valence-electron chi connectivity index (χ4n) is 3.10. The molecule has 8 heteroatoms. The topological polar surface area (TPSA) is 73.3 Å². The van der Waals surface area contributed by atoms with E-state index < -0.39 is 0 Å². The van der Waals surface area contributed by atoms with Crippen LogP contribution in [0.15, 0.2) is 41.1 Å². The molecular weight excluding hydrogens is 406 g/mol. The van der Waals surface area contributed by atoms with Crippen LogP contribution < -0.4 is 10.1 Å². The minimum atomic E-state index is -0.177. The molecule has 4 rings (SSSR count). The maximum Gasteiger partial charge on any atom is 0.266 e. The molecule has 0 fully saturated rings. The van der Waals surface area contributed by atoms with E-state index in [1.165, 1.54) is 11.3 Å². The summed E-state index contributed by atoms with van der Waals surface area (Å²) in [6.45, 7) is 2.16. The Bertz CT molecular complexity index is 1170. The van der Waals surface area contributed by atoms with Crippen molar-refractivity contribution >= 4 is 44.5 Å². The summed E-state index contributed by atoms with van der Waals surface area (Å²) in [6, 6.07) is 9.88. The second-order valence-electron chi connectivity index (χ2n) is 6.37. The average molecular weight is 426 g/mol. The van der Waals surface area contributed by atoms with Crippen molar-refractivity contribution in [3.63, 3.8) is 0 Å². The summed E-state index contributed by atoms with van der Waals surface area (Å²) in [5.41, 5.74) is 3.75. The molecular formula is C21H19N3O3S2. The van der Waals surface area contributed by atoms with Crippen LogP contribution in [0.2, 0.25) is 0 Å². The number of fused-ring (bicyclic) bond motifs is 1. The van der Waals surface area contributed by atoms with Gasteiger partial charge in [0.15, 0.2) is 5.82 Å². The highest BCUT2D eigenvalue weighted by molar-refractivity contribution is 7.20. The maximum absolute atomic E-state index is 13.0. The van der Waals surface area contributed by atoms with Crippen molar-refractivity contribution in [3.8, 4) is 17.0 Å². The molecule has 0 aliphatic carbocycles. The molecule has 0 aliphatic rings. The van der Waals surface area contributed by atoms with E-state index in [0.717, 1.165) is 27.8 Å². The van der Waals surface area contributed by atoms with Gasteiger partial charge in [0.2, 0.25) is 5.88 Å². The summed E-state index contributed by atoms with van der Waals surface area (Å²) in [5, 5.41) is 7.88. The van der Waals surface area contributed by atoms with Crippen molar-refractivity contribution in [2.24, 2.45) is 0 Å². The van der Waals surface area contributed by atoms with Gasteiger partial charge in [-0.1, -0.05) is 12.1 Å². The van der Waals surface area contributed by atoms with Crippen LogP contribution in [-0.2, 0) is 11.3 Å². The number of nitrogens with zero attached hydrogens (tertiary/aromatic N) is 2. The Morgan fingerprint density at radius 2 is 2.03 bits per heavy atom. The molecule has 1 aromatic carbocycles. The Kier molecular flexibility index (Phi) is 5.57. The van der Waals surface area contributed by atoms with Crippen molar-refractivity contribution in [2.75, 3.05) is 19.5 Å². The normalized spacial score (nSPS) is 11.0. The van der Waals surface area contributed by atoms with Gasteiger partial charge in [-0.05, 0) is 52.6 Å². The van der Waals surface area contributed by atoms with Crippen LogP contribution in [0, 0.1) is 6.92 Å². The Hall–Kier alpha value is -2.81. The lowest BCUT2D eigenvalue weighted by molar-refractivity contribution is 0.103. The number of rotatable bonds is 6. The lowest BCUT2D eigenvalue weighted by atomic mass is 10.1. The zero-order valence-corrected chi connectivity index (χ0v) is 17.8. The quantitative estimate of drug-likeness (QED) is 0.463. The first-order valence-corrected chi connectivity index (χ1v) is 10.6. The van der Waals surface area contributed by atoms with Crippen LogP contribution in [-0.4, -0.2) is 30.1 Å². The van der Waals surface area contributed by atoms with Crippen molar-refractivity contribution in [3.05, 3.63) is 57.4 Å². The van der Waals surface area contributed by atoms with Gasteiger partial charge in [-0.15, -0.1) is 11.3 Å². The third kappa shape index (κ3) is 3.87. The number of thiophene rings is 2. The summed E-state index contributed by atoms with van der Waals surface area (Å²) < 4.78 is 10.6. The summed E-state index contributed by atoms with van der Waals surface area (Å²) in [5.74, 6) is 0.797. The monoisotopic (exact) mass is 425 g/mol. The summed E-state index contributed by atoms with van der Waals surface area (Å²) >= 11 is 2.97. The van der Waals surface area contributed by atoms with E-state index in [4.69, 9.17) is 9.47 Å². The number of amides is 1. The fraction of sp³-hybridized carbons (Fsp3) is 0.190. The molecule has 0 spiro atoms. The number of methoxy groups -OCH3 is 2. The summed E-state index contributed by atoms with van der Waals surface area (Å²) in [4.78, 5) is 23.2. The first-order chi connectivity index (χ1) is 14.1. The van der Waals surface area contributed by atoms with Crippen LogP contribution in [0.4, 0.5) is 5.69 Å². The molecule has 3 heterocycles. The van der Waals surface area contributed by atoms with Crippen molar-refractivity contribution in [2.45, 2.75) is 13.5 Å². The molecule has 0 saturated heterocycles. The largest absolute Gasteiger partial charge is 0.480 e. The van der Waals surface area contributed by atoms with E-state index in [-0.39, 0.29) is 12.5 Å². The first kappa shape index (κ1) is 19.5. The minimum absolute atomic E-state index is 0.177. The van der Waals surface area contributed by atoms with Gasteiger partial charge < -0.3 is 14.8 Å². The summed E-state index contributed by atoms with van der Waals surface area (Å²) in [7, 11) is 3.15. The van der Waals surface area contributed by atoms with E-state index in [0.29, 0.717) is 21.4 Å². The van der Waals surface area contributed by atoms with Gasteiger partial charge in [0.05, 0.1) is 17.4 Å². The standard InChI is InChI=1S/C21H19N3O3S2/c1-12-17-20(27-3)23-16(10-26-2)24-21(17)29-18(12)19(25)22-15-6-4-5-13(9-15)14-7-8-28-11-14/h4-9,11H,10H2,1-3H3,(H,22,25). The Labute approximate surface area is 176 Å². The Balaban J connectivity index is 1.67. The number of anilines is 1. The van der Waals surface area contributed by atoms with Crippen LogP contribution in [0.25, 0.3) is 21.3 Å². The molecule has 1 amide bonds. The van der Waals surface area contributed by atoms with Crippen molar-refractivity contribution in [1.82, 2.24) is 9.97 Å². The number of ether oxygens (including phenoxy) is 2. The maximum atomic E-state index is 13.0. The highest BCUT2D eigenvalue weighted by Gasteiger charge is 2.21. The van der Waals surface area contributed by atoms with Crippen molar-refractivity contribution in [1.29, 1.82) is 0 Å². The highest BCUT2D eigenvalue weighted by atomic mass is 32.1. The van der Waals surface area contributed by atoms with E-state index in [2.05, 4.69) is 26.7 Å². The number of hydrogen-bond acceptors (Lipinski definition) is 7. The predicted molar refractivity (Wildman–Crippen MR) is 117 cm³/mol. The first-order valence-electron chi connectivity index (χ1n) is 8.87. The summed E-state index contributed by atoms with van der Waals surface area (Å²) in [6.07, 6.45) is 0. The van der Waals surface area contributed by atoms with E-state index >= 15 is 0 Å². The molecule has 0 saturated carbocycles. The number of carbonyl (C=O) groups excluding carboxylic acids is 1. The number of aromatic nitrogens is 2. The highest BCUT2D eigenvalue weighted by Crippen LogP contribution is 2.35. The Morgan fingerprint density at radius 3 is 2.76 bits per heavy atom. The van der Waals surface area contributed by atoms with Crippen LogP contribution >= 0.6 is 22.7 Å². The molecule has 0 atom stereocenters. The van der Waals surface area contributed by atoms with Gasteiger partial charge in [-0.3, -0.25) is 4.79 Å². The number of carbonyl (C=O) groups is 1. The third-order valence-electron chi connectivity index (χ3n) is 4.45. The second-order valence-corrected chi connectivity index (χ2v) is 8.14. The second kappa shape index (κ2) is 8.28. The molecule has 29 heavy (non-hydrogen) atoms. The molecule has 3 aromatic heterocycles. The average Bonchev–Trinajstić information content (AvgIpc) is 3.36. The fourth-order valence-corrected chi connectivity index (χ4v) is 4.85.